The molecule has 4 saturated heterocycles. The van der Waals surface area contributed by atoms with Gasteiger partial charge in [-0.05, 0) is 125 Å². The first-order valence-electron chi connectivity index (χ1n) is 30.6. The zero-order chi connectivity index (χ0) is 67.2. The molecule has 4 aliphatic rings. The molecule has 4 aromatic heterocycles. The van der Waals surface area contributed by atoms with E-state index in [1.54, 1.807) is 45.0 Å². The van der Waals surface area contributed by atoms with Crippen LogP contribution in [-0.2, 0) is 14.2 Å². The number of nitrogens with zero attached hydrogens (tertiary/aromatic N) is 7. The van der Waals surface area contributed by atoms with E-state index in [0.29, 0.717) is 55.1 Å². The SMILES string of the molecule is CC(C)(C)OC(=O)N1CC(c2ncc(F)cc2-c2ccccc2)C1.CC(C)(C)OC(=O)N1CC(c2ncc(F)cc2-c2ccccc2)C1.CC(C)(C)OC(=O)N1CC(c2ncc(F)cc2Br)C1.Cl.Fc1cnc(C2CNC2)c(-c2ccccc2)c1.OB(O)c1ccccc1. The molecule has 0 unspecified atom stereocenters. The second-order valence-electron chi connectivity index (χ2n) is 25.8. The molecule has 4 fully saturated rings. The molecule has 0 atom stereocenters. The number of amides is 3. The van der Waals surface area contributed by atoms with Gasteiger partial charge in [-0.15, -0.1) is 12.4 Å². The third-order valence-electron chi connectivity index (χ3n) is 14.8. The number of hydrogen-bond acceptors (Lipinski definition) is 13. The van der Waals surface area contributed by atoms with Gasteiger partial charge in [0, 0.05) is 97.2 Å². The molecule has 0 radical (unpaired) electrons. The van der Waals surface area contributed by atoms with E-state index < -0.39 is 23.9 Å². The molecule has 8 aromatic rings. The topological polar surface area (TPSA) is 193 Å². The van der Waals surface area contributed by atoms with Crippen LogP contribution in [0.1, 0.15) is 109 Å². The standard InChI is InChI=1S/2C19H21FN2O2.C14H13FN2.C13H16BrFN2O2.C6H7BO2.ClH/c2*1-19(2,3)24-18(23)22-11-14(12-22)17-16(9-15(20)10-21-17)13-7-5-4-6-8-13;15-12-6-13(10-4-2-1-3-5-10)14(17-9-12)11-7-16-8-11;1-13(2,3)19-12(18)17-6-8(7-17)11-10(14)4-9(15)5-16-11;8-7(9)6-4-2-1-3-5-6;/h2*4-10,14H,11-12H2,1-3H3;1-6,9,11,16H,7-8H2;4-5,8H,6-7H2,1-3H3;1-5,8-9H;1H. The van der Waals surface area contributed by atoms with Crippen molar-refractivity contribution in [3.05, 3.63) is 221 Å². The maximum Gasteiger partial charge on any atom is 0.488 e. The average molecular weight is 1370 g/mol. The third kappa shape index (κ3) is 21.1. The first-order chi connectivity index (χ1) is 44.1. The smallest absolute Gasteiger partial charge is 0.444 e. The van der Waals surface area contributed by atoms with Crippen molar-refractivity contribution in [2.45, 2.75) is 103 Å². The van der Waals surface area contributed by atoms with Crippen molar-refractivity contribution < 1.29 is 56.2 Å². The zero-order valence-corrected chi connectivity index (χ0v) is 56.4. The molecule has 94 heavy (non-hydrogen) atoms. The second-order valence-corrected chi connectivity index (χ2v) is 26.6. The summed E-state index contributed by atoms with van der Waals surface area (Å²) in [5.74, 6) is -0.657. The predicted octanol–water partition coefficient (Wildman–Crippen LogP) is 14.1. The lowest BCUT2D eigenvalue weighted by atomic mass is 9.81. The Morgan fingerprint density at radius 2 is 0.713 bits per heavy atom. The van der Waals surface area contributed by atoms with Gasteiger partial charge in [0.2, 0.25) is 0 Å². The average Bonchev–Trinajstić information content (AvgIpc) is 0.803. The number of rotatable bonds is 8. The van der Waals surface area contributed by atoms with Crippen LogP contribution < -0.4 is 10.8 Å². The summed E-state index contributed by atoms with van der Waals surface area (Å²) in [5.41, 5.74) is 7.80. The van der Waals surface area contributed by atoms with E-state index in [1.165, 1.54) is 43.0 Å². The zero-order valence-electron chi connectivity index (χ0n) is 54.0. The highest BCUT2D eigenvalue weighted by Gasteiger charge is 2.39. The summed E-state index contributed by atoms with van der Waals surface area (Å²) in [7, 11) is -1.34. The number of aromatic nitrogens is 4. The van der Waals surface area contributed by atoms with Crippen LogP contribution in [-0.4, -0.2) is 139 Å². The first-order valence-corrected chi connectivity index (χ1v) is 31.4. The van der Waals surface area contributed by atoms with Crippen LogP contribution in [0.3, 0.4) is 0 Å². The van der Waals surface area contributed by atoms with Crippen molar-refractivity contribution in [1.29, 1.82) is 0 Å². The largest absolute Gasteiger partial charge is 0.488 e. The van der Waals surface area contributed by atoms with Crippen molar-refractivity contribution in [1.82, 2.24) is 40.0 Å². The fraction of sp³-hybridized carbons (Fsp3) is 0.338. The maximum atomic E-state index is 13.7. The van der Waals surface area contributed by atoms with Crippen molar-refractivity contribution in [2.24, 2.45) is 0 Å². The van der Waals surface area contributed by atoms with Gasteiger partial charge in [-0.3, -0.25) is 19.9 Å². The minimum Gasteiger partial charge on any atom is -0.444 e. The number of ether oxygens (including phenoxy) is 3. The van der Waals surface area contributed by atoms with Gasteiger partial charge in [0.05, 0.1) is 47.6 Å². The van der Waals surface area contributed by atoms with E-state index >= 15 is 0 Å². The lowest BCUT2D eigenvalue weighted by Gasteiger charge is -2.40. The maximum absolute atomic E-state index is 13.7. The van der Waals surface area contributed by atoms with E-state index in [-0.39, 0.29) is 71.7 Å². The first kappa shape index (κ1) is 73.1. The fourth-order valence-electron chi connectivity index (χ4n) is 10.1. The van der Waals surface area contributed by atoms with Crippen molar-refractivity contribution in [3.8, 4) is 33.4 Å². The van der Waals surface area contributed by atoms with Crippen LogP contribution in [0.5, 0.6) is 0 Å². The minimum absolute atomic E-state index is 0. The molecule has 8 heterocycles. The Hall–Kier alpha value is -8.28. The van der Waals surface area contributed by atoms with E-state index in [9.17, 15) is 31.9 Å². The van der Waals surface area contributed by atoms with Gasteiger partial charge in [0.15, 0.2) is 0 Å². The number of carbonyl (C=O) groups excluding carboxylic acids is 3. The molecule has 12 rings (SSSR count). The number of likely N-dealkylation sites (tertiary alicyclic amines) is 3. The summed E-state index contributed by atoms with van der Waals surface area (Å²) in [4.78, 5) is 57.7. The molecule has 3 N–H and O–H groups in total. The van der Waals surface area contributed by atoms with Crippen LogP contribution in [0.2, 0.25) is 0 Å². The van der Waals surface area contributed by atoms with Crippen LogP contribution >= 0.6 is 28.3 Å². The Labute approximate surface area is 561 Å². The molecule has 0 aliphatic carbocycles. The van der Waals surface area contributed by atoms with Crippen LogP contribution in [0.25, 0.3) is 33.4 Å². The second kappa shape index (κ2) is 32.7. The van der Waals surface area contributed by atoms with Crippen LogP contribution in [0, 0.1) is 23.3 Å². The molecule has 0 saturated carbocycles. The molecule has 3 amide bonds. The van der Waals surface area contributed by atoms with Gasteiger partial charge in [0.25, 0.3) is 0 Å². The van der Waals surface area contributed by atoms with Gasteiger partial charge in [-0.1, -0.05) is 121 Å². The van der Waals surface area contributed by atoms with Gasteiger partial charge in [-0.2, -0.15) is 0 Å². The van der Waals surface area contributed by atoms with Crippen molar-refractivity contribution in [3.63, 3.8) is 0 Å². The van der Waals surface area contributed by atoms with Gasteiger partial charge in [0.1, 0.15) is 40.1 Å². The Morgan fingerprint density at radius 3 is 0.968 bits per heavy atom. The highest BCUT2D eigenvalue weighted by atomic mass is 79.9. The number of hydrogen-bond donors (Lipinski definition) is 3. The molecule has 4 aromatic carbocycles. The summed E-state index contributed by atoms with van der Waals surface area (Å²) < 4.78 is 70.3. The molecule has 0 spiro atoms. The Morgan fingerprint density at radius 1 is 0.447 bits per heavy atom. The van der Waals surface area contributed by atoms with E-state index in [0.717, 1.165) is 69.2 Å². The van der Waals surface area contributed by atoms with E-state index in [4.69, 9.17) is 24.3 Å². The van der Waals surface area contributed by atoms with E-state index in [2.05, 4.69) is 41.2 Å². The number of carbonyl (C=O) groups is 3. The Balaban J connectivity index is 0.000000170. The lowest BCUT2D eigenvalue weighted by Crippen LogP contribution is -2.50. The fourth-order valence-corrected chi connectivity index (χ4v) is 10.7. The molecule has 496 valence electrons. The summed E-state index contributed by atoms with van der Waals surface area (Å²) in [5, 5.41) is 20.4. The monoisotopic (exact) mass is 1370 g/mol. The molecule has 16 nitrogen and oxygen atoms in total. The normalized spacial score (nSPS) is 14.7. The lowest BCUT2D eigenvalue weighted by molar-refractivity contribution is 0.00691. The number of pyridine rings is 4. The molecule has 0 bridgehead atoms. The quantitative estimate of drug-likeness (QED) is 0.0740. The summed E-state index contributed by atoms with van der Waals surface area (Å²) in [6.45, 7) is 21.7. The number of benzene rings is 4. The van der Waals surface area contributed by atoms with Crippen LogP contribution in [0.4, 0.5) is 31.9 Å². The molecular formula is C71H79BBrClF4N8O8. The van der Waals surface area contributed by atoms with Crippen molar-refractivity contribution in [2.75, 3.05) is 52.4 Å². The van der Waals surface area contributed by atoms with Crippen LogP contribution in [0.15, 0.2) is 175 Å². The Kier molecular flexibility index (Phi) is 25.5. The van der Waals surface area contributed by atoms with Gasteiger partial charge >= 0.3 is 25.4 Å². The van der Waals surface area contributed by atoms with E-state index in [1.807, 2.05) is 159 Å². The number of halogens is 6. The molecule has 4 aliphatic heterocycles. The summed E-state index contributed by atoms with van der Waals surface area (Å²) >= 11 is 3.29. The minimum atomic E-state index is -1.34. The van der Waals surface area contributed by atoms with Crippen molar-refractivity contribution >= 4 is 59.2 Å². The highest BCUT2D eigenvalue weighted by molar-refractivity contribution is 9.10. The Bertz CT molecular complexity index is 3650. The van der Waals surface area contributed by atoms with Gasteiger partial charge in [-0.25, -0.2) is 31.9 Å². The predicted molar refractivity (Wildman–Crippen MR) is 362 cm³/mol. The van der Waals surface area contributed by atoms with Gasteiger partial charge < -0.3 is 44.3 Å². The highest BCUT2D eigenvalue weighted by Crippen LogP contribution is 2.37. The molecule has 23 heteroatoms. The molecular weight excluding hydrogens is 1290 g/mol. The number of nitrogens with one attached hydrogen (secondary N) is 1. The summed E-state index contributed by atoms with van der Waals surface area (Å²) in [6, 6.07) is 43.7. The summed E-state index contributed by atoms with van der Waals surface area (Å²) in [6.07, 6.45) is 4.01. The third-order valence-corrected chi connectivity index (χ3v) is 15.4.